The van der Waals surface area contributed by atoms with Crippen molar-refractivity contribution in [2.75, 3.05) is 64.8 Å². The lowest BCUT2D eigenvalue weighted by atomic mass is 10.1. The Morgan fingerprint density at radius 2 is 1.70 bits per heavy atom. The lowest BCUT2D eigenvalue weighted by molar-refractivity contribution is -0.125. The minimum absolute atomic E-state index is 0.0978. The third-order valence-corrected chi connectivity index (χ3v) is 6.22. The predicted octanol–water partition coefficient (Wildman–Crippen LogP) is 2.14. The fourth-order valence-corrected chi connectivity index (χ4v) is 4.46. The number of Topliss-reactive ketones (excluding diaryl/α,β-unsaturated/α-hetero) is 1. The Labute approximate surface area is 186 Å². The summed E-state index contributed by atoms with van der Waals surface area (Å²) < 4.78 is 0.632. The molecule has 2 saturated heterocycles. The molecule has 0 radical (unpaired) electrons. The zero-order valence-electron chi connectivity index (χ0n) is 17.7. The van der Waals surface area contributed by atoms with E-state index in [-0.39, 0.29) is 11.7 Å². The zero-order chi connectivity index (χ0) is 21.5. The molecule has 8 heteroatoms. The summed E-state index contributed by atoms with van der Waals surface area (Å²) in [5.74, 6) is 0.0256. The highest BCUT2D eigenvalue weighted by atomic mass is 79.9. The second-order valence-corrected chi connectivity index (χ2v) is 8.44. The summed E-state index contributed by atoms with van der Waals surface area (Å²) in [6.45, 7) is 5.09. The highest BCUT2D eigenvalue weighted by molar-refractivity contribution is 9.12. The maximum atomic E-state index is 12.7. The number of hydrogen-bond acceptors (Lipinski definition) is 6. The molecule has 162 valence electrons. The van der Waals surface area contributed by atoms with E-state index in [0.29, 0.717) is 42.9 Å². The fraction of sp³-hybridized carbons (Fsp3) is 0.500. The van der Waals surface area contributed by atoms with Gasteiger partial charge >= 0.3 is 0 Å². The Morgan fingerprint density at radius 1 is 1.07 bits per heavy atom. The van der Waals surface area contributed by atoms with Crippen LogP contribution < -0.4 is 10.2 Å². The first-order chi connectivity index (χ1) is 14.5. The average Bonchev–Trinajstić information content (AvgIpc) is 3.30. The van der Waals surface area contributed by atoms with Gasteiger partial charge in [-0.05, 0) is 53.0 Å². The predicted molar refractivity (Wildman–Crippen MR) is 125 cm³/mol. The van der Waals surface area contributed by atoms with Gasteiger partial charge < -0.3 is 15.1 Å². The van der Waals surface area contributed by atoms with Crippen molar-refractivity contribution in [1.29, 1.82) is 0 Å². The summed E-state index contributed by atoms with van der Waals surface area (Å²) in [5.41, 5.74) is 2.34. The van der Waals surface area contributed by atoms with Gasteiger partial charge in [0.15, 0.2) is 5.78 Å². The van der Waals surface area contributed by atoms with Gasteiger partial charge in [-0.15, -0.1) is 0 Å². The smallest absolute Gasteiger partial charge is 0.273 e. The second kappa shape index (κ2) is 10.7. The van der Waals surface area contributed by atoms with Gasteiger partial charge in [-0.25, -0.2) is 0 Å². The number of nitrogens with zero attached hydrogens (tertiary/aromatic N) is 4. The van der Waals surface area contributed by atoms with Crippen molar-refractivity contribution in [2.45, 2.75) is 12.8 Å². The van der Waals surface area contributed by atoms with Gasteiger partial charge in [0.1, 0.15) is 5.71 Å². The van der Waals surface area contributed by atoms with Crippen molar-refractivity contribution >= 4 is 39.0 Å². The molecular formula is C22H30BrN5O2. The van der Waals surface area contributed by atoms with Crippen LogP contribution in [0.3, 0.4) is 0 Å². The monoisotopic (exact) mass is 475 g/mol. The van der Waals surface area contributed by atoms with Crippen LogP contribution in [-0.4, -0.2) is 87.1 Å². The average molecular weight is 476 g/mol. The molecule has 1 aromatic carbocycles. The topological polar surface area (TPSA) is 68.2 Å². The molecule has 0 spiro atoms. The molecule has 30 heavy (non-hydrogen) atoms. The van der Waals surface area contributed by atoms with E-state index in [0.717, 1.165) is 18.7 Å². The molecule has 3 rings (SSSR count). The molecule has 0 aliphatic carbocycles. The Kier molecular flexibility index (Phi) is 8.04. The Morgan fingerprint density at radius 3 is 2.27 bits per heavy atom. The van der Waals surface area contributed by atoms with E-state index in [4.69, 9.17) is 0 Å². The normalized spacial score (nSPS) is 18.6. The summed E-state index contributed by atoms with van der Waals surface area (Å²) >= 11 is 3.39. The van der Waals surface area contributed by atoms with E-state index in [1.165, 1.54) is 18.5 Å². The molecule has 0 bridgehead atoms. The Balaban J connectivity index is 1.51. The number of piperazine rings is 1. The van der Waals surface area contributed by atoms with E-state index in [9.17, 15) is 9.59 Å². The quantitative estimate of drug-likeness (QED) is 0.483. The molecule has 2 fully saturated rings. The first-order valence-corrected chi connectivity index (χ1v) is 11.2. The lowest BCUT2D eigenvalue weighted by Gasteiger charge is -2.34. The standard InChI is InChI=1S/C22H30BrN5O2/c1-24-15-19(23)21(25-2)22(30)28-13-11-26(12-14-28)16-20(29)17-5-7-18(8-6-17)27-9-3-4-10-27/h5-8,15,24H,3-4,9-14,16H2,1-2H3/b19-15+,25-21+. The van der Waals surface area contributed by atoms with Gasteiger partial charge in [0.25, 0.3) is 5.91 Å². The lowest BCUT2D eigenvalue weighted by Crippen LogP contribution is -2.51. The van der Waals surface area contributed by atoms with Crippen LogP contribution in [0.4, 0.5) is 5.69 Å². The number of halogens is 1. The fourth-order valence-electron chi connectivity index (χ4n) is 3.89. The van der Waals surface area contributed by atoms with Crippen LogP contribution in [-0.2, 0) is 4.79 Å². The number of nitrogens with one attached hydrogen (secondary N) is 1. The molecule has 7 nitrogen and oxygen atoms in total. The van der Waals surface area contributed by atoms with Crippen LogP contribution in [0.2, 0.25) is 0 Å². The third kappa shape index (κ3) is 5.49. The van der Waals surface area contributed by atoms with Crippen LogP contribution in [0.5, 0.6) is 0 Å². The number of benzene rings is 1. The largest absolute Gasteiger partial charge is 0.393 e. The number of hydrogen-bond donors (Lipinski definition) is 1. The second-order valence-electron chi connectivity index (χ2n) is 7.59. The first kappa shape index (κ1) is 22.5. The number of rotatable bonds is 7. The molecule has 1 amide bonds. The van der Waals surface area contributed by atoms with Gasteiger partial charge in [0, 0.05) is 70.8 Å². The first-order valence-electron chi connectivity index (χ1n) is 10.4. The Hall–Kier alpha value is -2.19. The number of carbonyl (C=O) groups is 2. The van der Waals surface area contributed by atoms with Gasteiger partial charge in [0.2, 0.25) is 0 Å². The summed E-state index contributed by atoms with van der Waals surface area (Å²) in [6, 6.07) is 7.98. The zero-order valence-corrected chi connectivity index (χ0v) is 19.3. The van der Waals surface area contributed by atoms with E-state index in [1.807, 2.05) is 12.1 Å². The van der Waals surface area contributed by atoms with E-state index >= 15 is 0 Å². The summed E-state index contributed by atoms with van der Waals surface area (Å²) in [4.78, 5) is 35.8. The molecule has 2 heterocycles. The maximum Gasteiger partial charge on any atom is 0.273 e. The van der Waals surface area contributed by atoms with Crippen LogP contribution in [0.25, 0.3) is 0 Å². The number of aliphatic imine (C=N–C) groups is 1. The maximum absolute atomic E-state index is 12.7. The molecule has 0 unspecified atom stereocenters. The van der Waals surface area contributed by atoms with Crippen molar-refractivity contribution in [3.8, 4) is 0 Å². The SMILES string of the molecule is C/N=C(C(=O)N1CCN(CC(=O)c2ccc(N3CCCC3)cc2)CC1)\C(Br)=C/NC. The van der Waals surface area contributed by atoms with Gasteiger partial charge in [-0.1, -0.05) is 0 Å². The van der Waals surface area contributed by atoms with Crippen LogP contribution in [0.15, 0.2) is 39.9 Å². The van der Waals surface area contributed by atoms with E-state index < -0.39 is 0 Å². The highest BCUT2D eigenvalue weighted by Gasteiger charge is 2.26. The van der Waals surface area contributed by atoms with Crippen molar-refractivity contribution in [3.63, 3.8) is 0 Å². The Bertz CT molecular complexity index is 807. The number of ketones is 1. The van der Waals surface area contributed by atoms with E-state index in [2.05, 4.69) is 48.2 Å². The molecule has 0 saturated carbocycles. The van der Waals surface area contributed by atoms with Gasteiger partial charge in [0.05, 0.1) is 11.0 Å². The highest BCUT2D eigenvalue weighted by Crippen LogP contribution is 2.21. The molecule has 1 N–H and O–H groups in total. The van der Waals surface area contributed by atoms with Gasteiger partial charge in [-0.2, -0.15) is 0 Å². The number of anilines is 1. The van der Waals surface area contributed by atoms with Crippen LogP contribution in [0.1, 0.15) is 23.2 Å². The van der Waals surface area contributed by atoms with E-state index in [1.54, 1.807) is 25.2 Å². The summed E-state index contributed by atoms with van der Waals surface area (Å²) in [7, 11) is 3.39. The molecular weight excluding hydrogens is 446 g/mol. The van der Waals surface area contributed by atoms with Crippen LogP contribution >= 0.6 is 15.9 Å². The third-order valence-electron chi connectivity index (χ3n) is 5.61. The van der Waals surface area contributed by atoms with Crippen molar-refractivity contribution in [2.24, 2.45) is 4.99 Å². The van der Waals surface area contributed by atoms with Crippen LogP contribution in [0, 0.1) is 0 Å². The summed E-state index contributed by atoms with van der Waals surface area (Å²) in [6.07, 6.45) is 4.18. The van der Waals surface area contributed by atoms with Gasteiger partial charge in [-0.3, -0.25) is 19.5 Å². The molecule has 0 atom stereocenters. The number of carbonyl (C=O) groups excluding carboxylic acids is 2. The molecule has 2 aliphatic heterocycles. The molecule has 2 aliphatic rings. The van der Waals surface area contributed by atoms with Crippen molar-refractivity contribution in [3.05, 3.63) is 40.5 Å². The minimum atomic E-state index is -0.0978. The summed E-state index contributed by atoms with van der Waals surface area (Å²) in [5, 5.41) is 2.89. The van der Waals surface area contributed by atoms with Crippen molar-refractivity contribution in [1.82, 2.24) is 15.1 Å². The number of amides is 1. The molecule has 1 aromatic rings. The minimum Gasteiger partial charge on any atom is -0.393 e. The van der Waals surface area contributed by atoms with Crippen molar-refractivity contribution < 1.29 is 9.59 Å². The molecule has 0 aromatic heterocycles.